The number of hydrogen-bond acceptors (Lipinski definition) is 7. The molecule has 7 nitrogen and oxygen atoms in total. The van der Waals surface area contributed by atoms with Crippen molar-refractivity contribution in [2.75, 3.05) is 10.6 Å². The summed E-state index contributed by atoms with van der Waals surface area (Å²) in [6, 6.07) is 3.15. The van der Waals surface area contributed by atoms with Crippen molar-refractivity contribution in [1.82, 2.24) is 19.9 Å². The molecule has 2 aromatic heterocycles. The zero-order chi connectivity index (χ0) is 18.0. The Hall–Kier alpha value is -3.10. The van der Waals surface area contributed by atoms with E-state index in [2.05, 4.69) is 30.6 Å². The number of benzene rings is 1. The number of nitrogens with one attached hydrogen (secondary N) is 2. The lowest BCUT2D eigenvalue weighted by Crippen LogP contribution is -2.14. The molecule has 9 heteroatoms. The molecule has 0 saturated carbocycles. The monoisotopic (exact) mass is 346 g/mol. The molecule has 0 aliphatic rings. The van der Waals surface area contributed by atoms with Crippen molar-refractivity contribution in [1.29, 1.82) is 0 Å². The molecule has 2 N–H and O–H groups in total. The molecule has 1 aromatic carbocycles. The van der Waals surface area contributed by atoms with E-state index in [4.69, 9.17) is 4.42 Å². The molecule has 0 amide bonds. The third-order valence-corrected chi connectivity index (χ3v) is 3.02. The van der Waals surface area contributed by atoms with E-state index >= 15 is 0 Å². The van der Waals surface area contributed by atoms with Crippen LogP contribution in [0.4, 0.5) is 26.4 Å². The van der Waals surface area contributed by atoms with Gasteiger partial charge < -0.3 is 15.1 Å². The van der Waals surface area contributed by atoms with Gasteiger partial charge in [-0.1, -0.05) is 0 Å². The molecule has 0 radical (unpaired) electrons. The van der Waals surface area contributed by atoms with Crippen LogP contribution < -0.4 is 10.6 Å². The maximum Gasteiger partial charge on any atom is 0.232 e. The van der Waals surface area contributed by atoms with Crippen LogP contribution in [0.25, 0.3) is 11.5 Å². The molecule has 2 heterocycles. The Bertz CT molecular complexity index is 876. The Kier molecular flexibility index (Phi) is 4.55. The number of halogens is 2. The van der Waals surface area contributed by atoms with Crippen molar-refractivity contribution in [3.8, 4) is 11.5 Å². The SMILES string of the molecule is Cc1nc(-c2nc(Nc3cc(F)cc(F)c3)nc(NC(C)C)n2)co1. The van der Waals surface area contributed by atoms with E-state index < -0.39 is 11.6 Å². The fourth-order valence-electron chi connectivity index (χ4n) is 2.09. The van der Waals surface area contributed by atoms with Gasteiger partial charge in [0, 0.05) is 24.7 Å². The average Bonchev–Trinajstić information content (AvgIpc) is 2.91. The molecule has 0 aliphatic heterocycles. The first-order chi connectivity index (χ1) is 11.9. The van der Waals surface area contributed by atoms with E-state index in [1.54, 1.807) is 6.92 Å². The summed E-state index contributed by atoms with van der Waals surface area (Å²) in [5.74, 6) is -0.238. The van der Waals surface area contributed by atoms with Gasteiger partial charge in [0.15, 0.2) is 11.7 Å². The van der Waals surface area contributed by atoms with Crippen molar-refractivity contribution in [3.05, 3.63) is 42.0 Å². The lowest BCUT2D eigenvalue weighted by molar-refractivity contribution is 0.521. The molecule has 0 aliphatic carbocycles. The van der Waals surface area contributed by atoms with Gasteiger partial charge in [0.25, 0.3) is 0 Å². The molecular formula is C16H16F2N6O. The van der Waals surface area contributed by atoms with Crippen LogP contribution in [0, 0.1) is 18.6 Å². The highest BCUT2D eigenvalue weighted by molar-refractivity contribution is 5.58. The summed E-state index contributed by atoms with van der Waals surface area (Å²) >= 11 is 0. The second-order valence-corrected chi connectivity index (χ2v) is 5.64. The van der Waals surface area contributed by atoms with Crippen LogP contribution in [0.2, 0.25) is 0 Å². The number of rotatable bonds is 5. The van der Waals surface area contributed by atoms with Gasteiger partial charge in [-0.2, -0.15) is 15.0 Å². The third-order valence-electron chi connectivity index (χ3n) is 3.02. The molecule has 130 valence electrons. The van der Waals surface area contributed by atoms with Crippen LogP contribution in [0.15, 0.2) is 28.9 Å². The van der Waals surface area contributed by atoms with Gasteiger partial charge in [0.2, 0.25) is 11.9 Å². The lowest BCUT2D eigenvalue weighted by atomic mass is 10.3. The third kappa shape index (κ3) is 4.25. The number of anilines is 3. The van der Waals surface area contributed by atoms with E-state index in [1.807, 2.05) is 13.8 Å². The normalized spacial score (nSPS) is 11.0. The van der Waals surface area contributed by atoms with Gasteiger partial charge in [0.05, 0.1) is 0 Å². The quantitative estimate of drug-likeness (QED) is 0.728. The summed E-state index contributed by atoms with van der Waals surface area (Å²) in [5, 5.41) is 5.84. The maximum atomic E-state index is 13.4. The Balaban J connectivity index is 1.99. The number of oxazole rings is 1. The molecule has 0 bridgehead atoms. The van der Waals surface area contributed by atoms with Crippen LogP contribution in [-0.2, 0) is 0 Å². The first-order valence-electron chi connectivity index (χ1n) is 7.57. The van der Waals surface area contributed by atoms with Crippen molar-refractivity contribution in [3.63, 3.8) is 0 Å². The highest BCUT2D eigenvalue weighted by Crippen LogP contribution is 2.21. The second kappa shape index (κ2) is 6.80. The van der Waals surface area contributed by atoms with Crippen LogP contribution in [0.1, 0.15) is 19.7 Å². The van der Waals surface area contributed by atoms with Crippen molar-refractivity contribution >= 4 is 17.6 Å². The smallest absolute Gasteiger partial charge is 0.232 e. The van der Waals surface area contributed by atoms with Crippen LogP contribution in [0.3, 0.4) is 0 Å². The Labute approximate surface area is 142 Å². The van der Waals surface area contributed by atoms with Crippen LogP contribution >= 0.6 is 0 Å². The largest absolute Gasteiger partial charge is 0.449 e. The predicted molar refractivity (Wildman–Crippen MR) is 88.5 cm³/mol. The molecule has 0 atom stereocenters. The van der Waals surface area contributed by atoms with E-state index in [9.17, 15) is 8.78 Å². The fraction of sp³-hybridized carbons (Fsp3) is 0.250. The highest BCUT2D eigenvalue weighted by atomic mass is 19.1. The van der Waals surface area contributed by atoms with Crippen molar-refractivity contribution in [2.24, 2.45) is 0 Å². The van der Waals surface area contributed by atoms with Gasteiger partial charge in [0.1, 0.15) is 23.6 Å². The molecular weight excluding hydrogens is 330 g/mol. The summed E-state index contributed by atoms with van der Waals surface area (Å²) in [4.78, 5) is 16.9. The van der Waals surface area contributed by atoms with E-state index in [1.165, 1.54) is 6.26 Å². The van der Waals surface area contributed by atoms with Gasteiger partial charge in [-0.25, -0.2) is 13.8 Å². The first kappa shape index (κ1) is 16.7. The Morgan fingerprint density at radius 1 is 0.960 bits per heavy atom. The van der Waals surface area contributed by atoms with Gasteiger partial charge in [-0.05, 0) is 26.0 Å². The Morgan fingerprint density at radius 2 is 1.64 bits per heavy atom. The summed E-state index contributed by atoms with van der Waals surface area (Å²) in [6.07, 6.45) is 1.43. The summed E-state index contributed by atoms with van der Waals surface area (Å²) in [5.41, 5.74) is 0.613. The van der Waals surface area contributed by atoms with Crippen LogP contribution in [-0.4, -0.2) is 26.0 Å². The molecule has 0 spiro atoms. The zero-order valence-electron chi connectivity index (χ0n) is 13.8. The average molecular weight is 346 g/mol. The fourth-order valence-corrected chi connectivity index (χ4v) is 2.09. The predicted octanol–water partition coefficient (Wildman–Crippen LogP) is 3.68. The minimum atomic E-state index is -0.704. The zero-order valence-corrected chi connectivity index (χ0v) is 13.8. The summed E-state index contributed by atoms with van der Waals surface area (Å²) in [6.45, 7) is 5.56. The Morgan fingerprint density at radius 3 is 2.24 bits per heavy atom. The van der Waals surface area contributed by atoms with E-state index in [-0.39, 0.29) is 23.5 Å². The lowest BCUT2D eigenvalue weighted by Gasteiger charge is -2.11. The summed E-state index contributed by atoms with van der Waals surface area (Å²) < 4.78 is 31.9. The first-order valence-corrected chi connectivity index (χ1v) is 7.57. The van der Waals surface area contributed by atoms with Crippen molar-refractivity contribution in [2.45, 2.75) is 26.8 Å². The van der Waals surface area contributed by atoms with Gasteiger partial charge >= 0.3 is 0 Å². The molecule has 0 saturated heterocycles. The minimum Gasteiger partial charge on any atom is -0.449 e. The van der Waals surface area contributed by atoms with E-state index in [0.29, 0.717) is 17.5 Å². The van der Waals surface area contributed by atoms with Gasteiger partial charge in [-0.15, -0.1) is 0 Å². The second-order valence-electron chi connectivity index (χ2n) is 5.64. The van der Waals surface area contributed by atoms with Crippen molar-refractivity contribution < 1.29 is 13.2 Å². The molecule has 0 fully saturated rings. The maximum absolute atomic E-state index is 13.4. The van der Waals surface area contributed by atoms with Crippen LogP contribution in [0.5, 0.6) is 0 Å². The number of nitrogens with zero attached hydrogens (tertiary/aromatic N) is 4. The number of hydrogen-bond donors (Lipinski definition) is 2. The van der Waals surface area contributed by atoms with E-state index in [0.717, 1.165) is 18.2 Å². The number of aromatic nitrogens is 4. The standard InChI is InChI=1S/C16H16F2N6O/c1-8(2)19-15-22-14(13-7-25-9(3)20-13)23-16(24-15)21-12-5-10(17)4-11(18)6-12/h4-8H,1-3H3,(H2,19,21,22,23,24). The minimum absolute atomic E-state index is 0.0776. The molecule has 3 aromatic rings. The highest BCUT2D eigenvalue weighted by Gasteiger charge is 2.13. The molecule has 25 heavy (non-hydrogen) atoms. The summed E-state index contributed by atoms with van der Waals surface area (Å²) in [7, 11) is 0. The number of aryl methyl sites for hydroxylation is 1. The van der Waals surface area contributed by atoms with Gasteiger partial charge in [-0.3, -0.25) is 0 Å². The topological polar surface area (TPSA) is 88.8 Å². The molecule has 0 unspecified atom stereocenters. The molecule has 3 rings (SSSR count).